The van der Waals surface area contributed by atoms with Crippen LogP contribution in [0.1, 0.15) is 90.3 Å². The summed E-state index contributed by atoms with van der Waals surface area (Å²) in [5.74, 6) is -1.13. The molecule has 0 bridgehead atoms. The van der Waals surface area contributed by atoms with Crippen LogP contribution in [-0.4, -0.2) is 77.9 Å². The zero-order valence-corrected chi connectivity index (χ0v) is 36.1. The molecule has 1 saturated carbocycles. The minimum Gasteiger partial charge on any atom is -0.376 e. The quantitative estimate of drug-likeness (QED) is 0.194. The molecule has 2 aromatic carbocycles. The summed E-state index contributed by atoms with van der Waals surface area (Å²) in [5.41, 5.74) is 3.41. The number of H-pyrrole nitrogens is 1. The topological polar surface area (TPSA) is 169 Å². The van der Waals surface area contributed by atoms with E-state index >= 15 is 13.6 Å². The van der Waals surface area contributed by atoms with E-state index in [9.17, 15) is 9.59 Å². The number of rotatable bonds is 7. The molecule has 328 valence electrons. The van der Waals surface area contributed by atoms with E-state index in [0.717, 1.165) is 23.9 Å². The summed E-state index contributed by atoms with van der Waals surface area (Å²) in [7, 11) is 1.71. The van der Waals surface area contributed by atoms with Crippen molar-refractivity contribution in [3.63, 3.8) is 0 Å². The molecule has 1 amide bonds. The average molecular weight is 870 g/mol. The third-order valence-electron chi connectivity index (χ3n) is 13.6. The van der Waals surface area contributed by atoms with Crippen molar-refractivity contribution in [3.05, 3.63) is 133 Å². The first-order chi connectivity index (χ1) is 30.6. The number of ether oxygens (including phenoxy) is 1. The number of imidazole rings is 1. The third kappa shape index (κ3) is 5.98. The number of carbonyl (C=O) groups is 1. The number of nitrogens with zero attached hydrogens (tertiary/aromatic N) is 10. The van der Waals surface area contributed by atoms with Gasteiger partial charge in [0.25, 0.3) is 5.91 Å². The number of hydrogen-bond acceptors (Lipinski definition) is 9. The van der Waals surface area contributed by atoms with E-state index in [1.807, 2.05) is 23.8 Å². The molecule has 3 atom stereocenters. The van der Waals surface area contributed by atoms with E-state index in [2.05, 4.69) is 35.2 Å². The monoisotopic (exact) mass is 869 g/mol. The summed E-state index contributed by atoms with van der Waals surface area (Å²) >= 11 is 0. The highest BCUT2D eigenvalue weighted by Crippen LogP contribution is 2.56. The minimum atomic E-state index is -0.887. The summed E-state index contributed by atoms with van der Waals surface area (Å²) < 4.78 is 49.9. The summed E-state index contributed by atoms with van der Waals surface area (Å²) in [4.78, 5) is 51.7. The largest absolute Gasteiger partial charge is 0.438 e. The van der Waals surface area contributed by atoms with Crippen molar-refractivity contribution in [2.24, 2.45) is 13.0 Å². The van der Waals surface area contributed by atoms with Crippen LogP contribution >= 0.6 is 0 Å². The van der Waals surface area contributed by atoms with Crippen molar-refractivity contribution in [1.29, 1.82) is 0 Å². The van der Waals surface area contributed by atoms with Crippen molar-refractivity contribution in [1.82, 2.24) is 53.3 Å². The summed E-state index contributed by atoms with van der Waals surface area (Å²) in [6.45, 7) is 10.5. The number of aromatic amines is 1. The molecule has 1 saturated heterocycles. The molecule has 2 aliphatic heterocycles. The van der Waals surface area contributed by atoms with Gasteiger partial charge in [0.2, 0.25) is 0 Å². The van der Waals surface area contributed by atoms with Gasteiger partial charge >= 0.3 is 11.4 Å². The molecule has 1 N–H and O–H groups in total. The maximum absolute atomic E-state index is 16.1. The molecule has 1 aliphatic carbocycles. The molecule has 6 aromatic heterocycles. The van der Waals surface area contributed by atoms with Gasteiger partial charge in [0.05, 0.1) is 58.0 Å². The Balaban J connectivity index is 1.04. The minimum absolute atomic E-state index is 0.0219. The molecular weight excluding hydrogens is 825 g/mol. The summed E-state index contributed by atoms with van der Waals surface area (Å²) in [6, 6.07) is 10.5. The predicted molar refractivity (Wildman–Crippen MR) is 230 cm³/mol. The number of benzene rings is 2. The number of hydrogen-bond donors (Lipinski definition) is 1. The van der Waals surface area contributed by atoms with Crippen molar-refractivity contribution in [3.8, 4) is 17.2 Å². The average Bonchev–Trinajstić information content (AvgIpc) is 3.89. The van der Waals surface area contributed by atoms with Gasteiger partial charge in [-0.1, -0.05) is 12.1 Å². The van der Waals surface area contributed by atoms with Gasteiger partial charge in [0, 0.05) is 61.6 Å². The highest BCUT2D eigenvalue weighted by atomic mass is 19.1. The van der Waals surface area contributed by atoms with Crippen molar-refractivity contribution < 1.29 is 22.8 Å². The fraction of sp³-hybridized carbons (Fsp3) is 0.370. The van der Waals surface area contributed by atoms with Crippen LogP contribution < -0.4 is 11.4 Å². The Morgan fingerprint density at radius 1 is 0.969 bits per heavy atom. The van der Waals surface area contributed by atoms with Gasteiger partial charge in [-0.3, -0.25) is 33.1 Å². The number of pyridine rings is 1. The van der Waals surface area contributed by atoms with E-state index in [0.29, 0.717) is 82.4 Å². The van der Waals surface area contributed by atoms with Crippen molar-refractivity contribution in [2.75, 3.05) is 13.2 Å². The smallest absolute Gasteiger partial charge is 0.376 e. The van der Waals surface area contributed by atoms with E-state index in [4.69, 9.17) is 19.3 Å². The standard InChI is InChI=1S/C46H45F2N11O5/c1-24-15-29(16-25(2)38(24)47)59-40(57-13-12-56(44(57)62)35-8-7-34-30(39(35)48)21-50-54(34)6)31-23-55(11-9-32(31)52-59)41(60)36-18-28-17-33(27-10-14-63-45(4,5)20-27)49-22-37(28)58(36)46(19-26(46)3)42-51-43(61)64-53-42/h7-8,12-13,15-18,21-22,26-27H,9-11,14,19-20,23H2,1-6H3,(H,51,53,61)/t26-,27-,46-/m0/s1. The molecule has 8 aromatic rings. The van der Waals surface area contributed by atoms with Gasteiger partial charge < -0.3 is 14.2 Å². The Hall–Kier alpha value is -6.95. The van der Waals surface area contributed by atoms with E-state index < -0.39 is 22.8 Å². The van der Waals surface area contributed by atoms with Crippen LogP contribution in [0.25, 0.3) is 39.0 Å². The maximum Gasteiger partial charge on any atom is 0.438 e. The molecule has 8 heterocycles. The lowest BCUT2D eigenvalue weighted by Gasteiger charge is -2.35. The Kier molecular flexibility index (Phi) is 8.74. The molecule has 2 fully saturated rings. The van der Waals surface area contributed by atoms with E-state index in [1.165, 1.54) is 27.6 Å². The molecule has 16 nitrogen and oxygen atoms in total. The lowest BCUT2D eigenvalue weighted by atomic mass is 9.86. The van der Waals surface area contributed by atoms with Gasteiger partial charge in [-0.15, -0.1) is 0 Å². The highest BCUT2D eigenvalue weighted by Gasteiger charge is 2.59. The van der Waals surface area contributed by atoms with Gasteiger partial charge in [0.1, 0.15) is 22.9 Å². The van der Waals surface area contributed by atoms with Crippen LogP contribution in [0.4, 0.5) is 8.78 Å². The molecule has 0 unspecified atom stereocenters. The Morgan fingerprint density at radius 2 is 1.73 bits per heavy atom. The van der Waals surface area contributed by atoms with Crippen LogP contribution in [0.5, 0.6) is 0 Å². The zero-order chi connectivity index (χ0) is 44.6. The number of amides is 1. The van der Waals surface area contributed by atoms with Crippen LogP contribution in [-0.2, 0) is 30.3 Å². The fourth-order valence-electron chi connectivity index (χ4n) is 10.2. The second-order valence-electron chi connectivity index (χ2n) is 18.3. The first-order valence-corrected chi connectivity index (χ1v) is 21.4. The van der Waals surface area contributed by atoms with Gasteiger partial charge in [-0.05, 0) is 100 Å². The lowest BCUT2D eigenvalue weighted by Crippen LogP contribution is -2.39. The van der Waals surface area contributed by atoms with Crippen LogP contribution in [0.2, 0.25) is 0 Å². The first kappa shape index (κ1) is 39.9. The molecule has 0 radical (unpaired) electrons. The second kappa shape index (κ2) is 14.0. The number of aromatic nitrogens is 10. The highest BCUT2D eigenvalue weighted by molar-refractivity contribution is 5.99. The van der Waals surface area contributed by atoms with E-state index in [1.54, 1.807) is 59.6 Å². The first-order valence-electron chi connectivity index (χ1n) is 21.4. The Bertz CT molecular complexity index is 3340. The zero-order valence-electron chi connectivity index (χ0n) is 36.1. The van der Waals surface area contributed by atoms with E-state index in [-0.39, 0.29) is 46.8 Å². The van der Waals surface area contributed by atoms with Crippen LogP contribution in [0.15, 0.2) is 75.3 Å². The molecule has 11 rings (SSSR count). The van der Waals surface area contributed by atoms with Gasteiger partial charge in [-0.25, -0.2) is 23.1 Å². The molecular formula is C46H45F2N11O5. The second-order valence-corrected chi connectivity index (χ2v) is 18.3. The van der Waals surface area contributed by atoms with Gasteiger partial charge in [-0.2, -0.15) is 10.2 Å². The number of nitrogens with one attached hydrogen (secondary N) is 1. The SMILES string of the molecule is Cc1cc(-n2nc3c(c2-n2ccn(-c4ccc5c(cnn5C)c4F)c2=O)CN(C(=O)c2cc4cc([C@H]5CCOC(C)(C)C5)ncc4n2[C@@]2(c4noc(=O)[nH]4)C[C@@H]2C)CC3)cc(C)c1F. The maximum atomic E-state index is 16.1. The number of fused-ring (bicyclic) bond motifs is 3. The number of carbonyl (C=O) groups excluding carboxylic acids is 1. The molecule has 18 heteroatoms. The molecule has 64 heavy (non-hydrogen) atoms. The van der Waals surface area contributed by atoms with Crippen LogP contribution in [0, 0.1) is 31.4 Å². The predicted octanol–water partition coefficient (Wildman–Crippen LogP) is 6.28. The third-order valence-corrected chi connectivity index (χ3v) is 13.6. The molecule has 3 aliphatic rings. The summed E-state index contributed by atoms with van der Waals surface area (Å²) in [5, 5.41) is 14.4. The summed E-state index contributed by atoms with van der Waals surface area (Å²) in [6.07, 6.45) is 8.81. The Labute approximate surface area is 363 Å². The lowest BCUT2D eigenvalue weighted by molar-refractivity contribution is -0.0597. The number of halogens is 2. The van der Waals surface area contributed by atoms with Crippen molar-refractivity contribution in [2.45, 2.75) is 83.9 Å². The normalized spacial score (nSPS) is 20.7. The Morgan fingerprint density at radius 3 is 2.45 bits per heavy atom. The fourth-order valence-corrected chi connectivity index (χ4v) is 10.2. The van der Waals surface area contributed by atoms with Crippen LogP contribution in [0.3, 0.4) is 0 Å². The molecule has 0 spiro atoms. The van der Waals surface area contributed by atoms with Crippen molar-refractivity contribution >= 4 is 27.7 Å². The number of aryl methyl sites for hydroxylation is 3. The van der Waals surface area contributed by atoms with Gasteiger partial charge in [0.15, 0.2) is 11.6 Å².